The zero-order valence-electron chi connectivity index (χ0n) is 30.8. The van der Waals surface area contributed by atoms with Gasteiger partial charge in [0.1, 0.15) is 34.5 Å². The number of anilines is 4. The van der Waals surface area contributed by atoms with Crippen molar-refractivity contribution in [2.75, 3.05) is 42.3 Å². The lowest BCUT2D eigenvalue weighted by atomic mass is 9.92. The number of hydrogen-bond donors (Lipinski definition) is 2. The van der Waals surface area contributed by atoms with E-state index in [4.69, 9.17) is 19.4 Å². The van der Waals surface area contributed by atoms with Crippen molar-refractivity contribution >= 4 is 34.6 Å². The van der Waals surface area contributed by atoms with Crippen LogP contribution in [0.15, 0.2) is 85.2 Å². The minimum absolute atomic E-state index is 0.0679. The molecule has 0 aliphatic carbocycles. The number of carbonyl (C=O) groups is 1. The number of amides is 1. The average Bonchev–Trinajstić information content (AvgIpc) is 3.57. The number of ether oxygens (including phenoxy) is 2. The molecule has 4 heterocycles. The van der Waals surface area contributed by atoms with Gasteiger partial charge in [-0.15, -0.1) is 0 Å². The number of imidazole rings is 1. The fourth-order valence-corrected chi connectivity index (χ4v) is 7.21. The lowest BCUT2D eigenvalue weighted by Crippen LogP contribution is -2.34. The van der Waals surface area contributed by atoms with E-state index in [9.17, 15) is 13.6 Å². The molecule has 7 rings (SSSR count). The number of para-hydroxylation sites is 1. The second-order valence-corrected chi connectivity index (χ2v) is 13.4. The Balaban J connectivity index is 1.23. The zero-order chi connectivity index (χ0) is 37.8. The Hall–Kier alpha value is -6.04. The first kappa shape index (κ1) is 36.3. The molecular formula is C42H43F2N7O3. The van der Waals surface area contributed by atoms with Crippen molar-refractivity contribution in [3.05, 3.63) is 108 Å². The highest BCUT2D eigenvalue weighted by Crippen LogP contribution is 2.38. The topological polar surface area (TPSA) is 106 Å². The van der Waals surface area contributed by atoms with Crippen molar-refractivity contribution in [3.63, 3.8) is 0 Å². The van der Waals surface area contributed by atoms with E-state index in [-0.39, 0.29) is 11.3 Å². The quantitative estimate of drug-likeness (QED) is 0.128. The number of carbonyl (C=O) groups excluding carboxylic acids is 1. The molecule has 0 bridgehead atoms. The molecule has 1 fully saturated rings. The van der Waals surface area contributed by atoms with Crippen molar-refractivity contribution in [1.82, 2.24) is 19.4 Å². The number of methoxy groups -OCH3 is 1. The monoisotopic (exact) mass is 731 g/mol. The summed E-state index contributed by atoms with van der Waals surface area (Å²) >= 11 is 0. The average molecular weight is 732 g/mol. The number of pyridine rings is 1. The predicted molar refractivity (Wildman–Crippen MR) is 208 cm³/mol. The Morgan fingerprint density at radius 2 is 1.74 bits per heavy atom. The standard InChI is InChI=1S/C42H43F2N7O3/c1-5-10-27-17-21-50(22-18-27)34-25-36(54-6-2)33(23-26(34)3)47-42-45-19-16-32(46-42)40-38(48-37-13-7-8-20-51(37)40)28-14-15-35(53-4)29(24-28)41(52)49-39-30(43)11-9-12-31(39)44/h7-9,11-16,19-20,23-25,27H,5-6,10,17-18,21-22H2,1-4H3,(H,49,52)(H,45,46,47). The Bertz CT molecular complexity index is 2280. The van der Waals surface area contributed by atoms with Gasteiger partial charge >= 0.3 is 0 Å². The van der Waals surface area contributed by atoms with Crippen LogP contribution in [0.4, 0.5) is 31.8 Å². The van der Waals surface area contributed by atoms with E-state index in [0.717, 1.165) is 48.1 Å². The molecule has 12 heteroatoms. The van der Waals surface area contributed by atoms with Crippen molar-refractivity contribution in [3.8, 4) is 34.1 Å². The summed E-state index contributed by atoms with van der Waals surface area (Å²) in [5.74, 6) is -0.438. The van der Waals surface area contributed by atoms with Crippen LogP contribution in [0.5, 0.6) is 11.5 Å². The maximum absolute atomic E-state index is 14.5. The van der Waals surface area contributed by atoms with Gasteiger partial charge in [-0.3, -0.25) is 9.20 Å². The molecule has 10 nitrogen and oxygen atoms in total. The largest absolute Gasteiger partial charge is 0.496 e. The van der Waals surface area contributed by atoms with Crippen molar-refractivity contribution in [1.29, 1.82) is 0 Å². The third-order valence-corrected chi connectivity index (χ3v) is 9.84. The summed E-state index contributed by atoms with van der Waals surface area (Å²) in [7, 11) is 1.42. The van der Waals surface area contributed by atoms with Crippen LogP contribution < -0.4 is 25.0 Å². The lowest BCUT2D eigenvalue weighted by molar-refractivity contribution is 0.102. The molecule has 278 valence electrons. The van der Waals surface area contributed by atoms with Crippen LogP contribution >= 0.6 is 0 Å². The fraction of sp³-hybridized carbons (Fsp3) is 0.286. The number of nitrogens with zero attached hydrogens (tertiary/aromatic N) is 5. The summed E-state index contributed by atoms with van der Waals surface area (Å²) < 4.78 is 42.5. The Morgan fingerprint density at radius 3 is 2.48 bits per heavy atom. The summed E-state index contributed by atoms with van der Waals surface area (Å²) in [5, 5.41) is 5.77. The van der Waals surface area contributed by atoms with E-state index in [0.29, 0.717) is 40.8 Å². The lowest BCUT2D eigenvalue weighted by Gasteiger charge is -2.35. The van der Waals surface area contributed by atoms with Gasteiger partial charge in [0, 0.05) is 42.8 Å². The van der Waals surface area contributed by atoms with E-state index in [2.05, 4.69) is 46.5 Å². The number of nitrogens with one attached hydrogen (secondary N) is 2. The molecule has 1 amide bonds. The number of piperidine rings is 1. The summed E-state index contributed by atoms with van der Waals surface area (Å²) in [4.78, 5) is 30.4. The SMILES string of the molecule is CCCC1CCN(c2cc(OCC)c(Nc3nccc(-c4c(-c5ccc(OC)c(C(=O)Nc6c(F)cccc6F)c5)nc5ccccn45)n3)cc2C)CC1. The zero-order valence-corrected chi connectivity index (χ0v) is 30.8. The molecule has 3 aromatic heterocycles. The second kappa shape index (κ2) is 15.9. The number of rotatable bonds is 12. The Morgan fingerprint density at radius 1 is 0.944 bits per heavy atom. The van der Waals surface area contributed by atoms with Gasteiger partial charge in [0.05, 0.1) is 42.0 Å². The van der Waals surface area contributed by atoms with Gasteiger partial charge in [-0.05, 0) is 92.8 Å². The maximum atomic E-state index is 14.5. The van der Waals surface area contributed by atoms with E-state index in [1.54, 1.807) is 30.5 Å². The summed E-state index contributed by atoms with van der Waals surface area (Å²) in [5.41, 5.74) is 5.53. The molecule has 0 radical (unpaired) electrons. The van der Waals surface area contributed by atoms with Crippen molar-refractivity contribution < 1.29 is 23.0 Å². The molecule has 0 saturated carbocycles. The summed E-state index contributed by atoms with van der Waals surface area (Å²) in [6, 6.07) is 20.0. The third-order valence-electron chi connectivity index (χ3n) is 9.84. The number of aryl methyl sites for hydroxylation is 1. The molecule has 0 spiro atoms. The highest BCUT2D eigenvalue weighted by molar-refractivity contribution is 6.07. The first-order valence-electron chi connectivity index (χ1n) is 18.3. The van der Waals surface area contributed by atoms with Crippen LogP contribution in [0.2, 0.25) is 0 Å². The van der Waals surface area contributed by atoms with E-state index in [1.165, 1.54) is 44.5 Å². The van der Waals surface area contributed by atoms with E-state index < -0.39 is 23.2 Å². The Kier molecular flexibility index (Phi) is 10.7. The highest BCUT2D eigenvalue weighted by atomic mass is 19.1. The van der Waals surface area contributed by atoms with Crippen LogP contribution in [-0.4, -0.2) is 52.1 Å². The number of aromatic nitrogens is 4. The number of fused-ring (bicyclic) bond motifs is 1. The summed E-state index contributed by atoms with van der Waals surface area (Å²) in [6.45, 7) is 8.90. The van der Waals surface area contributed by atoms with Crippen LogP contribution in [0.3, 0.4) is 0 Å². The predicted octanol–water partition coefficient (Wildman–Crippen LogP) is 9.46. The molecule has 6 aromatic rings. The molecule has 0 atom stereocenters. The van der Waals surface area contributed by atoms with Crippen molar-refractivity contribution in [2.45, 2.75) is 46.5 Å². The van der Waals surface area contributed by atoms with E-state index >= 15 is 0 Å². The smallest absolute Gasteiger partial charge is 0.259 e. The van der Waals surface area contributed by atoms with Gasteiger partial charge in [0.25, 0.3) is 5.91 Å². The fourth-order valence-electron chi connectivity index (χ4n) is 7.21. The molecule has 0 unspecified atom stereocenters. The molecule has 2 N–H and O–H groups in total. The molecule has 3 aromatic carbocycles. The first-order valence-corrected chi connectivity index (χ1v) is 18.3. The van der Waals surface area contributed by atoms with Crippen molar-refractivity contribution in [2.24, 2.45) is 5.92 Å². The minimum atomic E-state index is -0.892. The maximum Gasteiger partial charge on any atom is 0.259 e. The van der Waals surface area contributed by atoms with Crippen LogP contribution in [0.25, 0.3) is 28.3 Å². The number of benzene rings is 3. The van der Waals surface area contributed by atoms with E-state index in [1.807, 2.05) is 35.7 Å². The van der Waals surface area contributed by atoms with Gasteiger partial charge in [0.15, 0.2) is 0 Å². The molecule has 1 saturated heterocycles. The van der Waals surface area contributed by atoms with Crippen LogP contribution in [0.1, 0.15) is 55.5 Å². The molecule has 54 heavy (non-hydrogen) atoms. The van der Waals surface area contributed by atoms with Gasteiger partial charge in [0.2, 0.25) is 5.95 Å². The Labute approximate surface area is 313 Å². The molecule has 1 aliphatic heterocycles. The van der Waals surface area contributed by atoms with Gasteiger partial charge in [-0.2, -0.15) is 0 Å². The summed E-state index contributed by atoms with van der Waals surface area (Å²) in [6.07, 6.45) is 8.46. The minimum Gasteiger partial charge on any atom is -0.496 e. The van der Waals surface area contributed by atoms with Gasteiger partial charge in [-0.1, -0.05) is 31.9 Å². The molecular weight excluding hydrogens is 689 g/mol. The van der Waals surface area contributed by atoms with Crippen LogP contribution in [-0.2, 0) is 0 Å². The third kappa shape index (κ3) is 7.41. The number of hydrogen-bond acceptors (Lipinski definition) is 8. The second-order valence-electron chi connectivity index (χ2n) is 13.4. The normalized spacial score (nSPS) is 13.3. The first-order chi connectivity index (χ1) is 26.3. The molecule has 1 aliphatic rings. The van der Waals surface area contributed by atoms with Gasteiger partial charge < -0.3 is 25.0 Å². The number of halogens is 2. The van der Waals surface area contributed by atoms with Crippen LogP contribution in [0, 0.1) is 24.5 Å². The highest BCUT2D eigenvalue weighted by Gasteiger charge is 2.24. The van der Waals surface area contributed by atoms with Gasteiger partial charge in [-0.25, -0.2) is 23.7 Å².